The molecule has 0 amide bonds. The van der Waals surface area contributed by atoms with E-state index in [0.717, 1.165) is 28.3 Å². The maximum absolute atomic E-state index is 5.98. The number of hydrogen-bond donors (Lipinski definition) is 1. The van der Waals surface area contributed by atoms with E-state index >= 15 is 0 Å². The smallest absolute Gasteiger partial charge is 0.134 e. The van der Waals surface area contributed by atoms with E-state index in [4.69, 9.17) is 16.0 Å². The van der Waals surface area contributed by atoms with Crippen LogP contribution >= 0.6 is 11.6 Å². The van der Waals surface area contributed by atoms with Gasteiger partial charge in [0.1, 0.15) is 11.3 Å². The van der Waals surface area contributed by atoms with Crippen molar-refractivity contribution in [2.75, 3.05) is 6.54 Å². The highest BCUT2D eigenvalue weighted by atomic mass is 35.5. The van der Waals surface area contributed by atoms with Gasteiger partial charge in [-0.1, -0.05) is 18.5 Å². The molecule has 0 aliphatic carbocycles. The largest absolute Gasteiger partial charge is 0.459 e. The fraction of sp³-hybridized carbons (Fsp3) is 0.385. The summed E-state index contributed by atoms with van der Waals surface area (Å²) in [6.07, 6.45) is 0. The number of fused-ring (bicyclic) bond motifs is 1. The second-order valence-corrected chi connectivity index (χ2v) is 4.45. The van der Waals surface area contributed by atoms with Gasteiger partial charge in [0.2, 0.25) is 0 Å². The molecule has 0 radical (unpaired) electrons. The lowest BCUT2D eigenvalue weighted by Crippen LogP contribution is -2.17. The van der Waals surface area contributed by atoms with Gasteiger partial charge in [-0.3, -0.25) is 0 Å². The molecule has 1 N–H and O–H groups in total. The summed E-state index contributed by atoms with van der Waals surface area (Å²) in [4.78, 5) is 0. The zero-order chi connectivity index (χ0) is 11.7. The van der Waals surface area contributed by atoms with Gasteiger partial charge in [-0.05, 0) is 38.6 Å². The molecule has 0 bridgehead atoms. The Morgan fingerprint density at radius 2 is 2.19 bits per heavy atom. The summed E-state index contributed by atoms with van der Waals surface area (Å²) < 4.78 is 5.85. The second kappa shape index (κ2) is 4.48. The maximum Gasteiger partial charge on any atom is 0.134 e. The molecule has 1 atom stereocenters. The average Bonchev–Trinajstić information content (AvgIpc) is 2.57. The van der Waals surface area contributed by atoms with Crippen LogP contribution in [0.25, 0.3) is 11.0 Å². The number of halogens is 1. The Morgan fingerprint density at radius 1 is 1.44 bits per heavy atom. The third-order valence-electron chi connectivity index (χ3n) is 2.84. The van der Waals surface area contributed by atoms with Crippen molar-refractivity contribution < 1.29 is 4.42 Å². The minimum Gasteiger partial charge on any atom is -0.459 e. The highest BCUT2D eigenvalue weighted by molar-refractivity contribution is 6.31. The molecule has 86 valence electrons. The monoisotopic (exact) mass is 237 g/mol. The lowest BCUT2D eigenvalue weighted by molar-refractivity contribution is 0.456. The molecular weight excluding hydrogens is 222 g/mol. The summed E-state index contributed by atoms with van der Waals surface area (Å²) in [5, 5.41) is 5.20. The van der Waals surface area contributed by atoms with Gasteiger partial charge in [0.05, 0.1) is 6.04 Å². The van der Waals surface area contributed by atoms with Crippen LogP contribution in [0.5, 0.6) is 0 Å². The Bertz CT molecular complexity index is 504. The van der Waals surface area contributed by atoms with Gasteiger partial charge in [-0.15, -0.1) is 0 Å². The molecule has 0 spiro atoms. The molecule has 1 unspecified atom stereocenters. The van der Waals surface area contributed by atoms with Crippen LogP contribution in [0.15, 0.2) is 22.6 Å². The van der Waals surface area contributed by atoms with Crippen LogP contribution in [0, 0.1) is 6.92 Å². The van der Waals surface area contributed by atoms with Crippen molar-refractivity contribution in [1.82, 2.24) is 5.32 Å². The summed E-state index contributed by atoms with van der Waals surface area (Å²) in [6.45, 7) is 7.20. The Labute approximate surface area is 101 Å². The van der Waals surface area contributed by atoms with Gasteiger partial charge < -0.3 is 9.73 Å². The highest BCUT2D eigenvalue weighted by Gasteiger charge is 2.15. The van der Waals surface area contributed by atoms with Crippen molar-refractivity contribution >= 4 is 22.6 Å². The van der Waals surface area contributed by atoms with Gasteiger partial charge >= 0.3 is 0 Å². The molecule has 0 aliphatic rings. The zero-order valence-electron chi connectivity index (χ0n) is 9.80. The molecule has 1 aromatic carbocycles. The lowest BCUT2D eigenvalue weighted by atomic mass is 10.1. The maximum atomic E-state index is 5.98. The van der Waals surface area contributed by atoms with Crippen LogP contribution in [0.4, 0.5) is 0 Å². The van der Waals surface area contributed by atoms with Gasteiger partial charge in [0, 0.05) is 16.0 Å². The lowest BCUT2D eigenvalue weighted by Gasteiger charge is -2.09. The molecule has 1 heterocycles. The number of aryl methyl sites for hydroxylation is 1. The van der Waals surface area contributed by atoms with E-state index in [9.17, 15) is 0 Å². The summed E-state index contributed by atoms with van der Waals surface area (Å²) >= 11 is 5.98. The standard InChI is InChI=1S/C13H16ClNO/c1-4-15-9(3)13-8(2)11-7-10(14)5-6-12(11)16-13/h5-7,9,15H,4H2,1-3H3. The van der Waals surface area contributed by atoms with E-state index in [2.05, 4.69) is 26.1 Å². The number of furan rings is 1. The van der Waals surface area contributed by atoms with E-state index in [-0.39, 0.29) is 6.04 Å². The summed E-state index contributed by atoms with van der Waals surface area (Å²) in [6, 6.07) is 5.97. The minimum absolute atomic E-state index is 0.233. The number of hydrogen-bond acceptors (Lipinski definition) is 2. The van der Waals surface area contributed by atoms with Crippen molar-refractivity contribution in [3.05, 3.63) is 34.5 Å². The Kier molecular flexibility index (Phi) is 3.22. The predicted octanol–water partition coefficient (Wildman–Crippen LogP) is 4.07. The first kappa shape index (κ1) is 11.5. The SMILES string of the molecule is CCNC(C)c1oc2ccc(Cl)cc2c1C. The van der Waals surface area contributed by atoms with Crippen molar-refractivity contribution in [3.8, 4) is 0 Å². The molecule has 2 aromatic rings. The second-order valence-electron chi connectivity index (χ2n) is 4.01. The number of benzene rings is 1. The Morgan fingerprint density at radius 3 is 2.88 bits per heavy atom. The normalized spacial score (nSPS) is 13.2. The zero-order valence-corrected chi connectivity index (χ0v) is 10.6. The van der Waals surface area contributed by atoms with E-state index in [0.29, 0.717) is 0 Å². The summed E-state index contributed by atoms with van der Waals surface area (Å²) in [7, 11) is 0. The molecule has 0 fully saturated rings. The molecule has 0 saturated carbocycles. The minimum atomic E-state index is 0.233. The fourth-order valence-corrected chi connectivity index (χ4v) is 2.20. The number of nitrogens with one attached hydrogen (secondary N) is 1. The van der Waals surface area contributed by atoms with Crippen molar-refractivity contribution in [1.29, 1.82) is 0 Å². The van der Waals surface area contributed by atoms with Crippen molar-refractivity contribution in [2.45, 2.75) is 26.8 Å². The van der Waals surface area contributed by atoms with Crippen LogP contribution < -0.4 is 5.32 Å². The molecule has 2 rings (SSSR count). The molecule has 2 nitrogen and oxygen atoms in total. The summed E-state index contributed by atoms with van der Waals surface area (Å²) in [5.41, 5.74) is 2.08. The Balaban J connectivity index is 2.51. The van der Waals surface area contributed by atoms with Crippen molar-refractivity contribution in [3.63, 3.8) is 0 Å². The van der Waals surface area contributed by atoms with E-state index in [1.807, 2.05) is 18.2 Å². The van der Waals surface area contributed by atoms with Gasteiger partial charge in [-0.25, -0.2) is 0 Å². The van der Waals surface area contributed by atoms with Gasteiger partial charge in [-0.2, -0.15) is 0 Å². The van der Waals surface area contributed by atoms with Crippen molar-refractivity contribution in [2.24, 2.45) is 0 Å². The first-order valence-corrected chi connectivity index (χ1v) is 5.93. The van der Waals surface area contributed by atoms with Gasteiger partial charge in [0.15, 0.2) is 0 Å². The van der Waals surface area contributed by atoms with E-state index in [1.54, 1.807) is 0 Å². The molecule has 0 saturated heterocycles. The molecule has 1 aromatic heterocycles. The average molecular weight is 238 g/mol. The fourth-order valence-electron chi connectivity index (χ4n) is 2.02. The van der Waals surface area contributed by atoms with Crippen LogP contribution in [0.1, 0.15) is 31.2 Å². The molecule has 16 heavy (non-hydrogen) atoms. The third-order valence-corrected chi connectivity index (χ3v) is 3.07. The third kappa shape index (κ3) is 1.95. The Hall–Kier alpha value is -0.990. The molecule has 3 heteroatoms. The predicted molar refractivity (Wildman–Crippen MR) is 68.1 cm³/mol. The first-order valence-electron chi connectivity index (χ1n) is 5.55. The topological polar surface area (TPSA) is 25.2 Å². The van der Waals surface area contributed by atoms with Crippen LogP contribution in [0.2, 0.25) is 5.02 Å². The molecule has 0 aliphatic heterocycles. The van der Waals surface area contributed by atoms with Crippen LogP contribution in [-0.4, -0.2) is 6.54 Å². The number of rotatable bonds is 3. The first-order chi connectivity index (χ1) is 7.63. The van der Waals surface area contributed by atoms with Gasteiger partial charge in [0.25, 0.3) is 0 Å². The molecular formula is C13H16ClNO. The quantitative estimate of drug-likeness (QED) is 0.871. The summed E-state index contributed by atoms with van der Waals surface area (Å²) in [5.74, 6) is 0.999. The van der Waals surface area contributed by atoms with E-state index in [1.165, 1.54) is 5.56 Å². The highest BCUT2D eigenvalue weighted by Crippen LogP contribution is 2.31. The van der Waals surface area contributed by atoms with Crippen LogP contribution in [-0.2, 0) is 0 Å². The van der Waals surface area contributed by atoms with E-state index < -0.39 is 0 Å². The van der Waals surface area contributed by atoms with Crippen LogP contribution in [0.3, 0.4) is 0 Å².